The third-order valence-electron chi connectivity index (χ3n) is 4.81. The molecular formula is C23H28N3OS+. The van der Waals surface area contributed by atoms with Gasteiger partial charge in [-0.2, -0.15) is 0 Å². The maximum Gasteiger partial charge on any atom is 0.251 e. The molecule has 0 spiro atoms. The van der Waals surface area contributed by atoms with Crippen molar-refractivity contribution < 1.29 is 9.69 Å². The quantitative estimate of drug-likeness (QED) is 0.644. The van der Waals surface area contributed by atoms with Gasteiger partial charge in [-0.25, -0.2) is 4.98 Å². The molecular weight excluding hydrogens is 366 g/mol. The summed E-state index contributed by atoms with van der Waals surface area (Å²) in [5, 5.41) is 5.88. The van der Waals surface area contributed by atoms with Crippen LogP contribution in [-0.4, -0.2) is 25.0 Å². The second kappa shape index (κ2) is 9.13. The number of rotatable bonds is 7. The Bertz CT molecular complexity index is 914. The molecule has 1 aromatic heterocycles. The zero-order valence-electron chi connectivity index (χ0n) is 17.0. The van der Waals surface area contributed by atoms with Crippen LogP contribution in [0.5, 0.6) is 0 Å². The molecule has 4 nitrogen and oxygen atoms in total. The number of nitrogens with one attached hydrogen (secondary N) is 2. The monoisotopic (exact) mass is 394 g/mol. The van der Waals surface area contributed by atoms with Crippen molar-refractivity contribution in [2.45, 2.75) is 32.9 Å². The molecule has 2 N–H and O–H groups in total. The van der Waals surface area contributed by atoms with Crippen molar-refractivity contribution in [2.24, 2.45) is 0 Å². The lowest BCUT2D eigenvalue weighted by Crippen LogP contribution is -3.06. The van der Waals surface area contributed by atoms with E-state index in [2.05, 4.69) is 55.9 Å². The first-order valence-corrected chi connectivity index (χ1v) is 10.5. The van der Waals surface area contributed by atoms with E-state index < -0.39 is 0 Å². The largest absolute Gasteiger partial charge is 0.355 e. The molecule has 0 aliphatic carbocycles. The molecule has 0 fully saturated rings. The van der Waals surface area contributed by atoms with Crippen LogP contribution in [-0.2, 0) is 13.1 Å². The summed E-state index contributed by atoms with van der Waals surface area (Å²) in [5.74, 6) is 0.493. The second-order valence-corrected chi connectivity index (χ2v) is 8.37. The van der Waals surface area contributed by atoms with Gasteiger partial charge in [0.2, 0.25) is 0 Å². The smallest absolute Gasteiger partial charge is 0.251 e. The van der Waals surface area contributed by atoms with E-state index in [0.717, 1.165) is 23.8 Å². The van der Waals surface area contributed by atoms with Crippen LogP contribution in [0.3, 0.4) is 0 Å². The summed E-state index contributed by atoms with van der Waals surface area (Å²) in [7, 11) is 3.82. The standard InChI is InChI=1S/C23H27N3OS/c1-16(2)18-9-11-20(12-10-18)23-25-21(15-28-23)14-26(4)13-17-5-7-19(8-6-17)22(27)24-3/h5-12,15-16H,13-14H2,1-4H3,(H,24,27)/p+1. The van der Waals surface area contributed by atoms with Gasteiger partial charge in [-0.3, -0.25) is 4.79 Å². The summed E-state index contributed by atoms with van der Waals surface area (Å²) >= 11 is 1.70. The summed E-state index contributed by atoms with van der Waals surface area (Å²) in [6.07, 6.45) is 0. The Kier molecular flexibility index (Phi) is 6.60. The van der Waals surface area contributed by atoms with Gasteiger partial charge in [0.15, 0.2) is 0 Å². The van der Waals surface area contributed by atoms with Crippen molar-refractivity contribution in [1.82, 2.24) is 10.3 Å². The molecule has 3 aromatic rings. The number of carbonyl (C=O) groups is 1. The Balaban J connectivity index is 1.60. The first kappa shape index (κ1) is 20.2. The molecule has 0 radical (unpaired) electrons. The van der Waals surface area contributed by atoms with Crippen molar-refractivity contribution >= 4 is 17.2 Å². The average Bonchev–Trinajstić information content (AvgIpc) is 3.16. The van der Waals surface area contributed by atoms with Crippen LogP contribution in [0.15, 0.2) is 53.9 Å². The Morgan fingerprint density at radius 2 is 1.75 bits per heavy atom. The highest BCUT2D eigenvalue weighted by Crippen LogP contribution is 2.25. The molecule has 0 aliphatic heterocycles. The lowest BCUT2D eigenvalue weighted by atomic mass is 10.0. The van der Waals surface area contributed by atoms with Gasteiger partial charge in [-0.15, -0.1) is 11.3 Å². The van der Waals surface area contributed by atoms with Crippen LogP contribution in [0.25, 0.3) is 10.6 Å². The van der Waals surface area contributed by atoms with E-state index in [9.17, 15) is 4.79 Å². The number of thiazole rings is 1. The molecule has 1 atom stereocenters. The van der Waals surface area contributed by atoms with E-state index in [-0.39, 0.29) is 5.91 Å². The van der Waals surface area contributed by atoms with Crippen molar-refractivity contribution in [2.75, 3.05) is 14.1 Å². The summed E-state index contributed by atoms with van der Waals surface area (Å²) in [6.45, 7) is 6.18. The molecule has 28 heavy (non-hydrogen) atoms. The molecule has 1 heterocycles. The van der Waals surface area contributed by atoms with Gasteiger partial charge in [0.25, 0.3) is 5.91 Å². The van der Waals surface area contributed by atoms with Crippen LogP contribution in [0.4, 0.5) is 0 Å². The van der Waals surface area contributed by atoms with Gasteiger partial charge in [0.1, 0.15) is 23.8 Å². The molecule has 5 heteroatoms. The zero-order valence-corrected chi connectivity index (χ0v) is 17.8. The van der Waals surface area contributed by atoms with Gasteiger partial charge >= 0.3 is 0 Å². The number of amides is 1. The van der Waals surface area contributed by atoms with Gasteiger partial charge in [0, 0.05) is 29.1 Å². The second-order valence-electron chi connectivity index (χ2n) is 7.51. The molecule has 0 bridgehead atoms. The molecule has 1 unspecified atom stereocenters. The minimum Gasteiger partial charge on any atom is -0.355 e. The normalized spacial score (nSPS) is 12.2. The first-order valence-electron chi connectivity index (χ1n) is 9.63. The summed E-state index contributed by atoms with van der Waals surface area (Å²) in [4.78, 5) is 17.8. The van der Waals surface area contributed by atoms with E-state index in [0.29, 0.717) is 11.5 Å². The zero-order chi connectivity index (χ0) is 20.1. The predicted octanol–water partition coefficient (Wildman–Crippen LogP) is 3.51. The Labute approximate surface area is 171 Å². The van der Waals surface area contributed by atoms with Crippen LogP contribution < -0.4 is 10.2 Å². The summed E-state index contributed by atoms with van der Waals surface area (Å²) in [5.41, 5.74) is 5.56. The molecule has 0 saturated heterocycles. The van der Waals surface area contributed by atoms with Gasteiger partial charge < -0.3 is 10.2 Å². The number of hydrogen-bond acceptors (Lipinski definition) is 3. The summed E-state index contributed by atoms with van der Waals surface area (Å²) < 4.78 is 0. The average molecular weight is 395 g/mol. The minimum absolute atomic E-state index is 0.0521. The van der Waals surface area contributed by atoms with Crippen LogP contribution >= 0.6 is 11.3 Å². The fourth-order valence-corrected chi connectivity index (χ4v) is 4.00. The SMILES string of the molecule is CNC(=O)c1ccc(C[NH+](C)Cc2csc(-c3ccc(C(C)C)cc3)n2)cc1. The predicted molar refractivity (Wildman–Crippen MR) is 116 cm³/mol. The molecule has 3 rings (SSSR count). The van der Waals surface area contributed by atoms with E-state index in [4.69, 9.17) is 4.98 Å². The van der Waals surface area contributed by atoms with Crippen molar-refractivity contribution in [3.8, 4) is 10.6 Å². The maximum atomic E-state index is 11.6. The number of nitrogens with zero attached hydrogens (tertiary/aromatic N) is 1. The van der Waals surface area contributed by atoms with Crippen molar-refractivity contribution in [3.63, 3.8) is 0 Å². The highest BCUT2D eigenvalue weighted by Gasteiger charge is 2.11. The van der Waals surface area contributed by atoms with E-state index in [1.54, 1.807) is 18.4 Å². The maximum absolute atomic E-state index is 11.6. The minimum atomic E-state index is -0.0521. The molecule has 146 valence electrons. The fourth-order valence-electron chi connectivity index (χ4n) is 3.17. The topological polar surface area (TPSA) is 46.4 Å². The summed E-state index contributed by atoms with van der Waals surface area (Å²) in [6, 6.07) is 16.5. The van der Waals surface area contributed by atoms with Crippen molar-refractivity contribution in [1.29, 1.82) is 0 Å². The lowest BCUT2D eigenvalue weighted by Gasteiger charge is -2.13. The molecule has 0 saturated carbocycles. The van der Waals surface area contributed by atoms with Crippen LogP contribution in [0.1, 0.15) is 46.9 Å². The van der Waals surface area contributed by atoms with E-state index in [1.807, 2.05) is 24.3 Å². The Morgan fingerprint density at radius 3 is 2.36 bits per heavy atom. The van der Waals surface area contributed by atoms with Crippen LogP contribution in [0.2, 0.25) is 0 Å². The Morgan fingerprint density at radius 1 is 1.07 bits per heavy atom. The highest BCUT2D eigenvalue weighted by atomic mass is 32.1. The number of benzene rings is 2. The third-order valence-corrected chi connectivity index (χ3v) is 5.75. The number of quaternary nitrogens is 1. The third kappa shape index (κ3) is 5.06. The highest BCUT2D eigenvalue weighted by molar-refractivity contribution is 7.13. The van der Waals surface area contributed by atoms with Crippen molar-refractivity contribution in [3.05, 3.63) is 76.3 Å². The molecule has 0 aliphatic rings. The number of hydrogen-bond donors (Lipinski definition) is 2. The first-order chi connectivity index (χ1) is 13.5. The number of carbonyl (C=O) groups excluding carboxylic acids is 1. The molecule has 2 aromatic carbocycles. The van der Waals surface area contributed by atoms with Gasteiger partial charge in [-0.05, 0) is 23.6 Å². The molecule has 1 amide bonds. The van der Waals surface area contributed by atoms with E-state index >= 15 is 0 Å². The van der Waals surface area contributed by atoms with Crippen LogP contribution in [0, 0.1) is 0 Å². The van der Waals surface area contributed by atoms with Gasteiger partial charge in [-0.1, -0.05) is 50.2 Å². The van der Waals surface area contributed by atoms with E-state index in [1.165, 1.54) is 21.6 Å². The van der Waals surface area contributed by atoms with Gasteiger partial charge in [0.05, 0.1) is 7.05 Å². The fraction of sp³-hybridized carbons (Fsp3) is 0.304. The Hall–Kier alpha value is -2.50. The number of aromatic nitrogens is 1. The lowest BCUT2D eigenvalue weighted by molar-refractivity contribution is -0.908.